The van der Waals surface area contributed by atoms with Gasteiger partial charge in [0.25, 0.3) is 0 Å². The maximum absolute atomic E-state index is 12.4. The third-order valence-corrected chi connectivity index (χ3v) is 4.31. The number of carboxylic acid groups (broad SMARTS) is 1. The van der Waals surface area contributed by atoms with Crippen molar-refractivity contribution in [3.05, 3.63) is 36.9 Å². The molecule has 1 amide bonds. The smallest absolute Gasteiger partial charge is 0.321 e. The monoisotopic (exact) mass is 391 g/mol. The molecule has 1 aliphatic heterocycles. The molecule has 5 N–H and O–H groups in total. The van der Waals surface area contributed by atoms with E-state index in [1.54, 1.807) is 24.3 Å². The van der Waals surface area contributed by atoms with Crippen LogP contribution in [0.5, 0.6) is 0 Å². The molecular formula is C18H25N5O3S. The molecule has 1 heterocycles. The maximum atomic E-state index is 12.4. The van der Waals surface area contributed by atoms with E-state index in [4.69, 9.17) is 12.2 Å². The Kier molecular flexibility index (Phi) is 8.18. The third kappa shape index (κ3) is 6.97. The molecule has 0 aliphatic carbocycles. The molecule has 0 spiro atoms. The summed E-state index contributed by atoms with van der Waals surface area (Å²) in [7, 11) is 0. The quantitative estimate of drug-likeness (QED) is 0.328. The van der Waals surface area contributed by atoms with Crippen LogP contribution in [-0.2, 0) is 9.59 Å². The van der Waals surface area contributed by atoms with Crippen molar-refractivity contribution in [3.8, 4) is 0 Å². The number of thiocarbonyl (C=S) groups is 1. The maximum Gasteiger partial charge on any atom is 0.321 e. The first-order valence-corrected chi connectivity index (χ1v) is 9.13. The van der Waals surface area contributed by atoms with Gasteiger partial charge in [-0.25, -0.2) is 0 Å². The van der Waals surface area contributed by atoms with Crippen molar-refractivity contribution in [1.29, 1.82) is 0 Å². The van der Waals surface area contributed by atoms with E-state index in [9.17, 15) is 14.7 Å². The lowest BCUT2D eigenvalue weighted by atomic mass is 10.1. The largest absolute Gasteiger partial charge is 0.480 e. The summed E-state index contributed by atoms with van der Waals surface area (Å²) in [6.07, 6.45) is 1.59. The Hall–Kier alpha value is -2.49. The van der Waals surface area contributed by atoms with Gasteiger partial charge >= 0.3 is 5.97 Å². The minimum atomic E-state index is -0.985. The van der Waals surface area contributed by atoms with Crippen LogP contribution in [0.15, 0.2) is 36.9 Å². The second-order valence-electron chi connectivity index (χ2n) is 6.10. The molecule has 27 heavy (non-hydrogen) atoms. The van der Waals surface area contributed by atoms with E-state index >= 15 is 0 Å². The number of carbonyl (C=O) groups is 2. The van der Waals surface area contributed by atoms with Crippen LogP contribution in [0.2, 0.25) is 0 Å². The van der Waals surface area contributed by atoms with Gasteiger partial charge in [0.2, 0.25) is 5.91 Å². The van der Waals surface area contributed by atoms with Crippen molar-refractivity contribution in [2.75, 3.05) is 43.4 Å². The van der Waals surface area contributed by atoms with Crippen LogP contribution in [0.3, 0.4) is 0 Å². The molecule has 1 aromatic carbocycles. The van der Waals surface area contributed by atoms with Crippen LogP contribution in [0, 0.1) is 0 Å². The first-order chi connectivity index (χ1) is 13.0. The lowest BCUT2D eigenvalue weighted by molar-refractivity contribution is -0.145. The first-order valence-electron chi connectivity index (χ1n) is 8.73. The second kappa shape index (κ2) is 10.6. The number of nitrogens with one attached hydrogen (secondary N) is 4. The van der Waals surface area contributed by atoms with Gasteiger partial charge < -0.3 is 26.4 Å². The minimum absolute atomic E-state index is 0.105. The highest BCUT2D eigenvalue weighted by Gasteiger charge is 2.29. The molecule has 1 aromatic rings. The SMILES string of the molecule is C=CCNC(=S)Nc1cccc(NC(=O)C[C@@H](C(=O)O)N2CCNCC2)c1. The van der Waals surface area contributed by atoms with E-state index in [0.717, 1.165) is 13.1 Å². The van der Waals surface area contributed by atoms with Crippen LogP contribution >= 0.6 is 12.2 Å². The Morgan fingerprint density at radius 2 is 1.96 bits per heavy atom. The van der Waals surface area contributed by atoms with Gasteiger partial charge in [0.1, 0.15) is 6.04 Å². The van der Waals surface area contributed by atoms with Crippen molar-refractivity contribution in [2.24, 2.45) is 0 Å². The highest BCUT2D eigenvalue weighted by atomic mass is 32.1. The van der Waals surface area contributed by atoms with E-state index in [1.807, 2.05) is 11.0 Å². The van der Waals surface area contributed by atoms with Gasteiger partial charge in [0.15, 0.2) is 5.11 Å². The predicted octanol–water partition coefficient (Wildman–Crippen LogP) is 0.846. The Labute approximate surface area is 164 Å². The van der Waals surface area contributed by atoms with Gasteiger partial charge in [-0.15, -0.1) is 6.58 Å². The van der Waals surface area contributed by atoms with Crippen LogP contribution in [-0.4, -0.2) is 65.8 Å². The van der Waals surface area contributed by atoms with Crippen molar-refractivity contribution >= 4 is 40.6 Å². The molecule has 146 valence electrons. The van der Waals surface area contributed by atoms with E-state index in [2.05, 4.69) is 27.8 Å². The number of carboxylic acids is 1. The Morgan fingerprint density at radius 3 is 2.59 bits per heavy atom. The van der Waals surface area contributed by atoms with Crippen molar-refractivity contribution in [1.82, 2.24) is 15.5 Å². The summed E-state index contributed by atoms with van der Waals surface area (Å²) in [6, 6.07) is 6.24. The van der Waals surface area contributed by atoms with E-state index < -0.39 is 12.0 Å². The normalized spacial score (nSPS) is 15.4. The summed E-state index contributed by atoms with van der Waals surface area (Å²) in [5.74, 6) is -1.33. The van der Waals surface area contributed by atoms with E-state index in [-0.39, 0.29) is 12.3 Å². The topological polar surface area (TPSA) is 106 Å². The molecule has 8 nitrogen and oxygen atoms in total. The average molecular weight is 391 g/mol. The van der Waals surface area contributed by atoms with Gasteiger partial charge in [0.05, 0.1) is 6.42 Å². The van der Waals surface area contributed by atoms with Crippen LogP contribution < -0.4 is 21.3 Å². The van der Waals surface area contributed by atoms with Gasteiger partial charge in [-0.2, -0.15) is 0 Å². The summed E-state index contributed by atoms with van der Waals surface area (Å²) < 4.78 is 0. The number of hydrogen-bond acceptors (Lipinski definition) is 5. The van der Waals surface area contributed by atoms with Crippen LogP contribution in [0.4, 0.5) is 11.4 Å². The number of aliphatic carboxylic acids is 1. The number of benzene rings is 1. The van der Waals surface area contributed by atoms with Crippen molar-refractivity contribution in [3.63, 3.8) is 0 Å². The van der Waals surface area contributed by atoms with Crippen LogP contribution in [0.1, 0.15) is 6.42 Å². The fourth-order valence-corrected chi connectivity index (χ4v) is 2.97. The molecule has 0 bridgehead atoms. The van der Waals surface area contributed by atoms with Gasteiger partial charge in [-0.1, -0.05) is 12.1 Å². The molecule has 1 fully saturated rings. The zero-order chi connectivity index (χ0) is 19.6. The Balaban J connectivity index is 1.93. The molecule has 1 atom stereocenters. The summed E-state index contributed by atoms with van der Waals surface area (Å²) >= 11 is 5.16. The molecule has 0 aromatic heterocycles. The molecule has 0 radical (unpaired) electrons. The van der Waals surface area contributed by atoms with E-state index in [1.165, 1.54) is 0 Å². The number of anilines is 2. The molecule has 0 unspecified atom stereocenters. The summed E-state index contributed by atoms with van der Waals surface area (Å²) in [4.78, 5) is 25.7. The highest BCUT2D eigenvalue weighted by molar-refractivity contribution is 7.80. The van der Waals surface area contributed by atoms with E-state index in [0.29, 0.717) is 36.1 Å². The number of carbonyl (C=O) groups excluding carboxylic acids is 1. The van der Waals surface area contributed by atoms with Gasteiger partial charge in [-0.3, -0.25) is 14.5 Å². The number of piperazine rings is 1. The highest BCUT2D eigenvalue weighted by Crippen LogP contribution is 2.16. The number of hydrogen-bond donors (Lipinski definition) is 5. The fraction of sp³-hybridized carbons (Fsp3) is 0.389. The average Bonchev–Trinajstić information content (AvgIpc) is 2.65. The molecule has 1 saturated heterocycles. The summed E-state index contributed by atoms with van der Waals surface area (Å²) in [5, 5.41) is 21.8. The lowest BCUT2D eigenvalue weighted by Gasteiger charge is -2.32. The molecule has 2 rings (SSSR count). The Bertz CT molecular complexity index is 691. The molecule has 9 heteroatoms. The summed E-state index contributed by atoms with van der Waals surface area (Å²) in [6.45, 7) is 6.82. The van der Waals surface area contributed by atoms with Crippen LogP contribution in [0.25, 0.3) is 0 Å². The lowest BCUT2D eigenvalue weighted by Crippen LogP contribution is -2.52. The van der Waals surface area contributed by atoms with Gasteiger partial charge in [-0.05, 0) is 30.4 Å². The van der Waals surface area contributed by atoms with Crippen molar-refractivity contribution < 1.29 is 14.7 Å². The zero-order valence-corrected chi connectivity index (χ0v) is 15.8. The first kappa shape index (κ1) is 20.8. The van der Waals surface area contributed by atoms with Gasteiger partial charge in [0, 0.05) is 44.1 Å². The third-order valence-electron chi connectivity index (χ3n) is 4.07. The molecule has 1 aliphatic rings. The fourth-order valence-electron chi connectivity index (χ4n) is 2.77. The Morgan fingerprint density at radius 1 is 1.30 bits per heavy atom. The zero-order valence-electron chi connectivity index (χ0n) is 15.0. The number of rotatable bonds is 8. The second-order valence-corrected chi connectivity index (χ2v) is 6.51. The minimum Gasteiger partial charge on any atom is -0.480 e. The standard InChI is InChI=1S/C18H25N5O3S/c1-2-6-20-18(27)22-14-5-3-4-13(11-14)21-16(24)12-15(17(25)26)23-9-7-19-8-10-23/h2-5,11,15,19H,1,6-10,12H2,(H,21,24)(H,25,26)(H2,20,22,27)/t15-/m0/s1. The molecular weight excluding hydrogens is 366 g/mol. The number of amides is 1. The summed E-state index contributed by atoms with van der Waals surface area (Å²) in [5.41, 5.74) is 1.28. The predicted molar refractivity (Wildman–Crippen MR) is 110 cm³/mol. The number of nitrogens with zero attached hydrogens (tertiary/aromatic N) is 1. The van der Waals surface area contributed by atoms with Crippen molar-refractivity contribution in [2.45, 2.75) is 12.5 Å². The molecule has 0 saturated carbocycles.